The highest BCUT2D eigenvalue weighted by molar-refractivity contribution is 8.01. The summed E-state index contributed by atoms with van der Waals surface area (Å²) in [5.74, 6) is 0.365. The molecule has 2 aromatic rings. The van der Waals surface area contributed by atoms with E-state index in [1.54, 1.807) is 24.3 Å². The van der Waals surface area contributed by atoms with E-state index in [-0.39, 0.29) is 29.1 Å². The molecular formula is C22H26O5S3. The highest BCUT2D eigenvalue weighted by atomic mass is 32.2. The quantitative estimate of drug-likeness (QED) is 0.457. The summed E-state index contributed by atoms with van der Waals surface area (Å²) in [5, 5.41) is 32.3. The maximum Gasteiger partial charge on any atom is 0.313 e. The van der Waals surface area contributed by atoms with Gasteiger partial charge in [0.15, 0.2) is 0 Å². The molecule has 3 N–H and O–H groups in total. The van der Waals surface area contributed by atoms with Gasteiger partial charge in [-0.3, -0.25) is 9.59 Å². The number of thiophene rings is 1. The molecule has 3 rings (SSSR count). The molecule has 1 fully saturated rings. The maximum atomic E-state index is 12.7. The molecule has 1 saturated carbocycles. The molecule has 0 saturated heterocycles. The van der Waals surface area contributed by atoms with Gasteiger partial charge >= 0.3 is 5.97 Å². The van der Waals surface area contributed by atoms with Crippen molar-refractivity contribution in [3.63, 3.8) is 0 Å². The Morgan fingerprint density at radius 3 is 2.83 bits per heavy atom. The average molecular weight is 467 g/mol. The van der Waals surface area contributed by atoms with E-state index in [0.29, 0.717) is 0 Å². The predicted molar refractivity (Wildman–Crippen MR) is 126 cm³/mol. The second-order valence-corrected chi connectivity index (χ2v) is 10.6. The van der Waals surface area contributed by atoms with Crippen LogP contribution in [0.1, 0.15) is 25.3 Å². The number of fused-ring (bicyclic) bond motifs is 1. The first kappa shape index (κ1) is 23.3. The number of aliphatic hydroxyl groups excluding tert-OH is 2. The molecule has 30 heavy (non-hydrogen) atoms. The molecule has 0 amide bonds. The van der Waals surface area contributed by atoms with Gasteiger partial charge in [0, 0.05) is 17.0 Å². The summed E-state index contributed by atoms with van der Waals surface area (Å²) in [6.07, 6.45) is 1.21. The van der Waals surface area contributed by atoms with Crippen molar-refractivity contribution in [3.8, 4) is 0 Å². The summed E-state index contributed by atoms with van der Waals surface area (Å²) in [6, 6.07) is 8.02. The summed E-state index contributed by atoms with van der Waals surface area (Å²) < 4.78 is 1.13. The van der Waals surface area contributed by atoms with Crippen molar-refractivity contribution in [2.75, 3.05) is 17.3 Å². The molecule has 1 aromatic carbocycles. The highest BCUT2D eigenvalue weighted by Crippen LogP contribution is 2.44. The highest BCUT2D eigenvalue weighted by Gasteiger charge is 2.44. The van der Waals surface area contributed by atoms with Gasteiger partial charge in [-0.2, -0.15) is 11.8 Å². The first-order valence-corrected chi connectivity index (χ1v) is 12.9. The first-order chi connectivity index (χ1) is 14.4. The van der Waals surface area contributed by atoms with Crippen molar-refractivity contribution >= 4 is 62.3 Å². The van der Waals surface area contributed by atoms with Crippen LogP contribution in [0.5, 0.6) is 0 Å². The fraction of sp³-hybridized carbons (Fsp3) is 0.455. The third kappa shape index (κ3) is 5.68. The van der Waals surface area contributed by atoms with E-state index in [1.165, 1.54) is 23.5 Å². The number of hydrogen-bond acceptors (Lipinski definition) is 7. The van der Waals surface area contributed by atoms with Crippen molar-refractivity contribution in [1.82, 2.24) is 0 Å². The number of aliphatic carboxylic acids is 1. The third-order valence-corrected chi connectivity index (χ3v) is 8.43. The number of ketones is 1. The zero-order chi connectivity index (χ0) is 21.7. The van der Waals surface area contributed by atoms with Crippen molar-refractivity contribution in [2.24, 2.45) is 5.92 Å². The van der Waals surface area contributed by atoms with Crippen LogP contribution in [0.2, 0.25) is 0 Å². The third-order valence-electron chi connectivity index (χ3n) is 5.00. The number of hydrogen-bond donors (Lipinski definition) is 3. The topological polar surface area (TPSA) is 94.8 Å². The minimum atomic E-state index is -0.822. The van der Waals surface area contributed by atoms with Gasteiger partial charge in [0.05, 0.1) is 23.2 Å². The molecule has 0 radical (unpaired) electrons. The molecule has 1 aliphatic rings. The second-order valence-electron chi connectivity index (χ2n) is 7.36. The Balaban J connectivity index is 1.80. The van der Waals surface area contributed by atoms with Crippen LogP contribution in [-0.4, -0.2) is 61.8 Å². The van der Waals surface area contributed by atoms with Gasteiger partial charge in [0.25, 0.3) is 0 Å². The van der Waals surface area contributed by atoms with Gasteiger partial charge in [-0.05, 0) is 52.8 Å². The number of Topliss-reactive ketones (excluding diaryl/α,β-unsaturated/α-hetero) is 1. The largest absolute Gasteiger partial charge is 0.481 e. The van der Waals surface area contributed by atoms with E-state index in [1.807, 2.05) is 29.6 Å². The van der Waals surface area contributed by atoms with Gasteiger partial charge in [0.1, 0.15) is 5.78 Å². The summed E-state index contributed by atoms with van der Waals surface area (Å²) in [7, 11) is 0. The fourth-order valence-electron chi connectivity index (χ4n) is 3.79. The van der Waals surface area contributed by atoms with Crippen molar-refractivity contribution in [2.45, 2.75) is 37.2 Å². The van der Waals surface area contributed by atoms with E-state index in [9.17, 15) is 19.8 Å². The van der Waals surface area contributed by atoms with Gasteiger partial charge in [-0.1, -0.05) is 24.3 Å². The number of carboxylic acid groups (broad SMARTS) is 1. The first-order valence-electron chi connectivity index (χ1n) is 9.86. The summed E-state index contributed by atoms with van der Waals surface area (Å²) in [4.78, 5) is 23.3. The van der Waals surface area contributed by atoms with Crippen LogP contribution in [0.25, 0.3) is 15.7 Å². The van der Waals surface area contributed by atoms with Crippen LogP contribution in [-0.2, 0) is 9.59 Å². The van der Waals surface area contributed by atoms with Crippen molar-refractivity contribution in [1.29, 1.82) is 0 Å². The maximum absolute atomic E-state index is 12.7. The second kappa shape index (κ2) is 10.8. The normalized spacial score (nSPS) is 23.2. The van der Waals surface area contributed by atoms with Crippen LogP contribution in [0.3, 0.4) is 0 Å². The molecule has 0 aliphatic heterocycles. The van der Waals surface area contributed by atoms with Crippen LogP contribution < -0.4 is 0 Å². The Morgan fingerprint density at radius 2 is 2.10 bits per heavy atom. The zero-order valence-electron chi connectivity index (χ0n) is 16.7. The molecule has 0 bridgehead atoms. The number of benzene rings is 1. The summed E-state index contributed by atoms with van der Waals surface area (Å²) >= 11 is 4.52. The number of carboxylic acids is 1. The molecule has 162 valence electrons. The van der Waals surface area contributed by atoms with Crippen LogP contribution in [0.15, 0.2) is 35.7 Å². The molecule has 0 spiro atoms. The Kier molecular flexibility index (Phi) is 8.42. The van der Waals surface area contributed by atoms with Crippen LogP contribution in [0, 0.1) is 5.92 Å². The molecule has 8 heteroatoms. The number of aliphatic hydroxyl groups is 2. The van der Waals surface area contributed by atoms with Gasteiger partial charge in [-0.25, -0.2) is 0 Å². The lowest BCUT2D eigenvalue weighted by Gasteiger charge is -2.24. The molecule has 5 nitrogen and oxygen atoms in total. The van der Waals surface area contributed by atoms with E-state index >= 15 is 0 Å². The van der Waals surface area contributed by atoms with Gasteiger partial charge in [-0.15, -0.1) is 23.1 Å². The van der Waals surface area contributed by atoms with Crippen molar-refractivity contribution < 1.29 is 24.9 Å². The SMILES string of the molecule is CC(O)C=C(c1csc2ccccc12)[C@H]1[C@H](O)CC(=O)[C@@H]1SCCCSCC(=O)O. The molecule has 4 atom stereocenters. The Labute approximate surface area is 188 Å². The lowest BCUT2D eigenvalue weighted by molar-refractivity contribution is -0.133. The number of carbonyl (C=O) groups is 2. The molecular weight excluding hydrogens is 440 g/mol. The zero-order valence-corrected chi connectivity index (χ0v) is 19.1. The van der Waals surface area contributed by atoms with Gasteiger partial charge in [0.2, 0.25) is 0 Å². The van der Waals surface area contributed by atoms with E-state index in [2.05, 4.69) is 0 Å². The lowest BCUT2D eigenvalue weighted by Crippen LogP contribution is -2.25. The standard InChI is InChI=1S/C22H26O5S3/c1-13(23)9-15(16-11-30-19-6-3-2-5-14(16)19)21-17(24)10-18(25)22(21)29-8-4-7-28-12-20(26)27/h2-3,5-6,9,11,13,17,21-24H,4,7-8,10,12H2,1H3,(H,26,27)/t13?,17-,21+,22+/m1/s1. The monoisotopic (exact) mass is 466 g/mol. The molecule has 1 heterocycles. The summed E-state index contributed by atoms with van der Waals surface area (Å²) in [5.41, 5.74) is 1.80. The van der Waals surface area contributed by atoms with E-state index < -0.39 is 18.2 Å². The van der Waals surface area contributed by atoms with Crippen LogP contribution >= 0.6 is 34.9 Å². The summed E-state index contributed by atoms with van der Waals surface area (Å²) in [6.45, 7) is 1.68. The van der Waals surface area contributed by atoms with Crippen molar-refractivity contribution in [3.05, 3.63) is 41.3 Å². The minimum Gasteiger partial charge on any atom is -0.481 e. The predicted octanol–water partition coefficient (Wildman–Crippen LogP) is 3.93. The van der Waals surface area contributed by atoms with E-state index in [0.717, 1.165) is 39.1 Å². The minimum absolute atomic E-state index is 0.0340. The Hall–Kier alpha value is -1.32. The number of rotatable bonds is 10. The van der Waals surface area contributed by atoms with E-state index in [4.69, 9.17) is 5.11 Å². The lowest BCUT2D eigenvalue weighted by atomic mass is 9.88. The Bertz CT molecular complexity index is 920. The average Bonchev–Trinajstić information content (AvgIpc) is 3.23. The van der Waals surface area contributed by atoms with Gasteiger partial charge < -0.3 is 15.3 Å². The smallest absolute Gasteiger partial charge is 0.313 e. The van der Waals surface area contributed by atoms with Crippen LogP contribution in [0.4, 0.5) is 0 Å². The Morgan fingerprint density at radius 1 is 1.33 bits per heavy atom. The number of thioether (sulfide) groups is 2. The molecule has 1 aromatic heterocycles. The molecule has 1 aliphatic carbocycles. The molecule has 1 unspecified atom stereocenters. The number of carbonyl (C=O) groups excluding carboxylic acids is 1. The fourth-order valence-corrected chi connectivity index (χ4v) is 6.99.